The van der Waals surface area contributed by atoms with Crippen molar-refractivity contribution in [1.82, 2.24) is 0 Å². The van der Waals surface area contributed by atoms with Crippen LogP contribution in [0.5, 0.6) is 0 Å². The molecule has 4 rings (SSSR count). The third kappa shape index (κ3) is 8.89. The van der Waals surface area contributed by atoms with Crippen LogP contribution in [0.4, 0.5) is 0 Å². The molecule has 192 valence electrons. The highest BCUT2D eigenvalue weighted by molar-refractivity contribution is 9.09. The van der Waals surface area contributed by atoms with Gasteiger partial charge in [0, 0.05) is 34.5 Å². The first-order valence-electron chi connectivity index (χ1n) is 11.2. The summed E-state index contributed by atoms with van der Waals surface area (Å²) in [5, 5.41) is 1.33. The molecule has 33 heavy (non-hydrogen) atoms. The van der Waals surface area contributed by atoms with Crippen molar-refractivity contribution in [3.8, 4) is 0 Å². The van der Waals surface area contributed by atoms with E-state index in [1.54, 1.807) is 0 Å². The van der Waals surface area contributed by atoms with Gasteiger partial charge in [0.05, 0.1) is 37.1 Å². The molecule has 0 amide bonds. The molecular formula is C20H32Br2O8S3. The second-order valence-corrected chi connectivity index (χ2v) is 12.6. The van der Waals surface area contributed by atoms with Crippen LogP contribution in [0.15, 0.2) is 0 Å². The van der Waals surface area contributed by atoms with Crippen LogP contribution in [-0.4, -0.2) is 121 Å². The van der Waals surface area contributed by atoms with Crippen molar-refractivity contribution in [1.29, 1.82) is 0 Å². The number of alkyl halides is 2. The number of rotatable bonds is 12. The Morgan fingerprint density at radius 1 is 0.485 bits per heavy atom. The Hall–Kier alpha value is 1.69. The highest BCUT2D eigenvalue weighted by Crippen LogP contribution is 2.26. The smallest absolute Gasteiger partial charge is 0.167 e. The predicted molar refractivity (Wildman–Crippen MR) is 138 cm³/mol. The maximum Gasteiger partial charge on any atom is 0.167 e. The number of hydrogen-bond acceptors (Lipinski definition) is 11. The van der Waals surface area contributed by atoms with E-state index in [1.807, 2.05) is 35.3 Å². The van der Waals surface area contributed by atoms with Gasteiger partial charge in [-0.25, -0.2) is 0 Å². The lowest BCUT2D eigenvalue weighted by Crippen LogP contribution is -2.53. The van der Waals surface area contributed by atoms with Gasteiger partial charge in [-0.3, -0.25) is 0 Å². The van der Waals surface area contributed by atoms with E-state index in [1.165, 1.54) is 0 Å². The summed E-state index contributed by atoms with van der Waals surface area (Å²) in [5.74, 6) is 6.07. The predicted octanol–water partition coefficient (Wildman–Crippen LogP) is 2.94. The minimum Gasteiger partial charge on any atom is -0.349 e. The summed E-state index contributed by atoms with van der Waals surface area (Å²) >= 11 is 12.5. The standard InChI is InChI=1S/C20H32Br2O8S3/c21-5-17-23-7-15-13(27-17)9-25-19(29-15)11-32-3-1-31-2-4-33-12-20-26-10-14-16(30-20)8-24-18(6-22)28-14/h13-20H,1-12H2/t13-,14-,15-,16-,17+,18+,19+,20+/m0/s1. The minimum atomic E-state index is -0.206. The van der Waals surface area contributed by atoms with Gasteiger partial charge in [-0.05, 0) is 0 Å². The first kappa shape index (κ1) is 27.7. The molecule has 0 radical (unpaired) electrons. The van der Waals surface area contributed by atoms with Gasteiger partial charge in [-0.15, -0.1) is 0 Å². The molecule has 4 fully saturated rings. The summed E-state index contributed by atoms with van der Waals surface area (Å²) in [6.45, 7) is 2.27. The monoisotopic (exact) mass is 654 g/mol. The molecule has 4 aliphatic rings. The average Bonchev–Trinajstić information content (AvgIpc) is 2.86. The van der Waals surface area contributed by atoms with Crippen LogP contribution in [-0.2, 0) is 37.9 Å². The average molecular weight is 656 g/mol. The molecule has 8 atom stereocenters. The van der Waals surface area contributed by atoms with Crippen LogP contribution in [0.3, 0.4) is 0 Å². The Balaban J connectivity index is 0.961. The number of halogens is 2. The molecule has 0 saturated carbocycles. The number of hydrogen-bond donors (Lipinski definition) is 0. The normalized spacial score (nSPS) is 39.1. The fourth-order valence-electron chi connectivity index (χ4n) is 3.72. The van der Waals surface area contributed by atoms with Crippen molar-refractivity contribution in [3.63, 3.8) is 0 Å². The van der Waals surface area contributed by atoms with E-state index < -0.39 is 0 Å². The van der Waals surface area contributed by atoms with Gasteiger partial charge in [0.15, 0.2) is 25.2 Å². The zero-order chi connectivity index (χ0) is 22.9. The second kappa shape index (κ2) is 15.2. The summed E-state index contributed by atoms with van der Waals surface area (Å²) in [6.07, 6.45) is -0.882. The van der Waals surface area contributed by atoms with Crippen molar-refractivity contribution in [2.45, 2.75) is 49.6 Å². The van der Waals surface area contributed by atoms with Crippen LogP contribution in [0.1, 0.15) is 0 Å². The fraction of sp³-hybridized carbons (Fsp3) is 1.00. The van der Waals surface area contributed by atoms with E-state index >= 15 is 0 Å². The van der Waals surface area contributed by atoms with E-state index in [-0.39, 0.29) is 49.6 Å². The quantitative estimate of drug-likeness (QED) is 0.230. The molecule has 0 unspecified atom stereocenters. The second-order valence-electron chi connectivity index (χ2n) is 7.82. The third-order valence-electron chi connectivity index (χ3n) is 5.43. The Morgan fingerprint density at radius 3 is 1.21 bits per heavy atom. The van der Waals surface area contributed by atoms with Gasteiger partial charge in [-0.2, -0.15) is 35.3 Å². The SMILES string of the molecule is BrC[C@@H]1OC[C@@H]2O[C@H](CSCCSCCSC[C@@H]3OC[C@@H]4O[C@H](CBr)OC[C@@H]4O3)OC[C@@H]2O1. The topological polar surface area (TPSA) is 73.8 Å². The zero-order valence-electron chi connectivity index (χ0n) is 18.4. The minimum absolute atomic E-state index is 0.0292. The number of ether oxygens (including phenoxy) is 8. The first-order chi connectivity index (χ1) is 16.2. The lowest BCUT2D eigenvalue weighted by Gasteiger charge is -2.41. The van der Waals surface area contributed by atoms with Gasteiger partial charge < -0.3 is 37.9 Å². The molecule has 0 aromatic rings. The Kier molecular flexibility index (Phi) is 12.8. The summed E-state index contributed by atoms with van der Waals surface area (Å²) in [7, 11) is 0. The lowest BCUT2D eigenvalue weighted by molar-refractivity contribution is -0.326. The van der Waals surface area contributed by atoms with Gasteiger partial charge in [0.25, 0.3) is 0 Å². The van der Waals surface area contributed by atoms with E-state index in [4.69, 9.17) is 37.9 Å². The van der Waals surface area contributed by atoms with Crippen molar-refractivity contribution in [2.75, 3.05) is 71.6 Å². The fourth-order valence-corrected chi connectivity index (χ4v) is 7.55. The van der Waals surface area contributed by atoms with Crippen molar-refractivity contribution >= 4 is 67.1 Å². The molecule has 4 aliphatic heterocycles. The van der Waals surface area contributed by atoms with E-state index in [2.05, 4.69) is 31.9 Å². The Labute approximate surface area is 225 Å². The third-order valence-corrected chi connectivity index (χ3v) is 9.99. The van der Waals surface area contributed by atoms with E-state index in [0.717, 1.165) is 34.5 Å². The Bertz CT molecular complexity index is 525. The van der Waals surface area contributed by atoms with Crippen molar-refractivity contribution in [3.05, 3.63) is 0 Å². The molecule has 0 aromatic carbocycles. The molecule has 0 spiro atoms. The molecule has 0 aliphatic carbocycles. The van der Waals surface area contributed by atoms with E-state index in [9.17, 15) is 0 Å². The van der Waals surface area contributed by atoms with Gasteiger partial charge in [-0.1, -0.05) is 31.9 Å². The van der Waals surface area contributed by atoms with Crippen LogP contribution in [0, 0.1) is 0 Å². The summed E-state index contributed by atoms with van der Waals surface area (Å²) in [4.78, 5) is 0. The van der Waals surface area contributed by atoms with Gasteiger partial charge in [0.1, 0.15) is 24.4 Å². The molecule has 8 nitrogen and oxygen atoms in total. The molecule has 0 N–H and O–H groups in total. The van der Waals surface area contributed by atoms with Gasteiger partial charge in [0.2, 0.25) is 0 Å². The number of thioether (sulfide) groups is 3. The van der Waals surface area contributed by atoms with Crippen molar-refractivity contribution in [2.24, 2.45) is 0 Å². The zero-order valence-corrected chi connectivity index (χ0v) is 24.0. The first-order valence-corrected chi connectivity index (χ1v) is 16.9. The van der Waals surface area contributed by atoms with Crippen LogP contribution >= 0.6 is 67.1 Å². The van der Waals surface area contributed by atoms with E-state index in [0.29, 0.717) is 37.1 Å². The summed E-state index contributed by atoms with van der Waals surface area (Å²) in [6, 6.07) is 0. The maximum absolute atomic E-state index is 5.98. The highest BCUT2D eigenvalue weighted by atomic mass is 79.9. The number of fused-ring (bicyclic) bond motifs is 2. The van der Waals surface area contributed by atoms with Crippen LogP contribution < -0.4 is 0 Å². The van der Waals surface area contributed by atoms with Gasteiger partial charge >= 0.3 is 0 Å². The molecule has 13 heteroatoms. The highest BCUT2D eigenvalue weighted by Gasteiger charge is 2.39. The van der Waals surface area contributed by atoms with Crippen LogP contribution in [0.2, 0.25) is 0 Å². The molecule has 0 bridgehead atoms. The van der Waals surface area contributed by atoms with Crippen molar-refractivity contribution < 1.29 is 37.9 Å². The lowest BCUT2D eigenvalue weighted by atomic mass is 10.2. The summed E-state index contributed by atoms with van der Waals surface area (Å²) < 4.78 is 46.4. The molecule has 4 heterocycles. The molecule has 4 saturated heterocycles. The Morgan fingerprint density at radius 2 is 0.818 bits per heavy atom. The van der Waals surface area contributed by atoms with Crippen LogP contribution in [0.25, 0.3) is 0 Å². The summed E-state index contributed by atoms with van der Waals surface area (Å²) in [5.41, 5.74) is 0. The molecule has 0 aromatic heterocycles. The largest absolute Gasteiger partial charge is 0.349 e. The molecular weight excluding hydrogens is 624 g/mol. The maximum atomic E-state index is 5.98.